The molecule has 1 fully saturated rings. The number of carbonyl (C=O) groups excluding carboxylic acids is 2. The molecule has 2 aromatic carbocycles. The van der Waals surface area contributed by atoms with Crippen molar-refractivity contribution in [2.45, 2.75) is 59.1 Å². The van der Waals surface area contributed by atoms with E-state index in [-0.39, 0.29) is 24.3 Å². The summed E-state index contributed by atoms with van der Waals surface area (Å²) in [5.74, 6) is 0.751. The van der Waals surface area contributed by atoms with Crippen LogP contribution in [0, 0.1) is 5.41 Å². The fourth-order valence-electron chi connectivity index (χ4n) is 4.54. The van der Waals surface area contributed by atoms with Gasteiger partial charge in [0, 0.05) is 35.8 Å². The smallest absolute Gasteiger partial charge is 0.407 e. The van der Waals surface area contributed by atoms with Crippen LogP contribution in [0.3, 0.4) is 0 Å². The third-order valence-electron chi connectivity index (χ3n) is 6.33. The number of carbonyl (C=O) groups is 2. The van der Waals surface area contributed by atoms with E-state index in [1.807, 2.05) is 18.2 Å². The summed E-state index contributed by atoms with van der Waals surface area (Å²) in [6.07, 6.45) is 1.64. The normalized spacial score (nSPS) is 15.5. The van der Waals surface area contributed by atoms with E-state index in [4.69, 9.17) is 19.7 Å². The molecule has 0 spiro atoms. The van der Waals surface area contributed by atoms with Crippen LogP contribution in [0.2, 0.25) is 0 Å². The summed E-state index contributed by atoms with van der Waals surface area (Å²) in [6.45, 7) is 11.7. The van der Waals surface area contributed by atoms with Crippen LogP contribution in [0.25, 0.3) is 10.4 Å². The number of alkyl carbamates (subject to hydrolysis) is 1. The number of azide groups is 1. The Kier molecular flexibility index (Phi) is 9.70. The summed E-state index contributed by atoms with van der Waals surface area (Å²) in [7, 11) is 1.55. The van der Waals surface area contributed by atoms with Crippen molar-refractivity contribution in [2.24, 2.45) is 10.5 Å². The molecular formula is C29H39N5O5. The average molecular weight is 538 g/mol. The van der Waals surface area contributed by atoms with Crippen LogP contribution in [0.15, 0.2) is 47.6 Å². The van der Waals surface area contributed by atoms with Crippen LogP contribution in [0.1, 0.15) is 63.4 Å². The van der Waals surface area contributed by atoms with Gasteiger partial charge in [-0.05, 0) is 74.9 Å². The minimum Gasteiger partial charge on any atom is -0.496 e. The van der Waals surface area contributed by atoms with Crippen LogP contribution >= 0.6 is 0 Å². The highest BCUT2D eigenvalue weighted by atomic mass is 16.6. The molecule has 10 nitrogen and oxygen atoms in total. The molecule has 1 saturated heterocycles. The van der Waals surface area contributed by atoms with Gasteiger partial charge in [-0.15, -0.1) is 0 Å². The van der Waals surface area contributed by atoms with Gasteiger partial charge in [0.25, 0.3) is 0 Å². The first-order chi connectivity index (χ1) is 18.4. The van der Waals surface area contributed by atoms with Gasteiger partial charge in [0.2, 0.25) is 0 Å². The van der Waals surface area contributed by atoms with Crippen molar-refractivity contribution in [3.05, 3.63) is 64.0 Å². The number of ether oxygens (including phenoxy) is 3. The molecule has 10 heteroatoms. The van der Waals surface area contributed by atoms with Crippen molar-refractivity contribution in [3.8, 4) is 11.5 Å². The van der Waals surface area contributed by atoms with Crippen LogP contribution in [-0.2, 0) is 4.74 Å². The van der Waals surface area contributed by atoms with Crippen LogP contribution in [0.5, 0.6) is 11.5 Å². The highest BCUT2D eigenvalue weighted by Gasteiger charge is 2.27. The third-order valence-corrected chi connectivity index (χ3v) is 6.33. The topological polar surface area (TPSA) is 126 Å². The molecule has 0 radical (unpaired) electrons. The van der Waals surface area contributed by atoms with E-state index in [1.54, 1.807) is 52.1 Å². The van der Waals surface area contributed by atoms with Gasteiger partial charge in [-0.25, -0.2) is 4.79 Å². The molecule has 2 aromatic rings. The molecule has 0 unspecified atom stereocenters. The lowest BCUT2D eigenvalue weighted by Gasteiger charge is -2.39. The largest absolute Gasteiger partial charge is 0.496 e. The van der Waals surface area contributed by atoms with Crippen molar-refractivity contribution >= 4 is 17.6 Å². The van der Waals surface area contributed by atoms with Gasteiger partial charge >= 0.3 is 6.09 Å². The Bertz CT molecular complexity index is 1220. The lowest BCUT2D eigenvalue weighted by Crippen LogP contribution is -2.43. The highest BCUT2D eigenvalue weighted by Crippen LogP contribution is 2.34. The van der Waals surface area contributed by atoms with E-state index in [2.05, 4.69) is 34.1 Å². The fourth-order valence-corrected chi connectivity index (χ4v) is 4.54. The van der Waals surface area contributed by atoms with Gasteiger partial charge in [-0.1, -0.05) is 31.1 Å². The molecule has 0 aliphatic carbocycles. The van der Waals surface area contributed by atoms with E-state index in [0.29, 0.717) is 22.6 Å². The molecule has 3 rings (SSSR count). The van der Waals surface area contributed by atoms with Crippen LogP contribution in [-0.4, -0.2) is 56.9 Å². The Morgan fingerprint density at radius 3 is 2.64 bits per heavy atom. The quantitative estimate of drug-likeness (QED) is 0.168. The highest BCUT2D eigenvalue weighted by molar-refractivity contribution is 6.11. The molecular weight excluding hydrogens is 498 g/mol. The predicted octanol–water partition coefficient (Wildman–Crippen LogP) is 6.14. The summed E-state index contributed by atoms with van der Waals surface area (Å²) >= 11 is 0. The first-order valence-corrected chi connectivity index (χ1v) is 13.1. The number of nitrogens with one attached hydrogen (secondary N) is 1. The summed E-state index contributed by atoms with van der Waals surface area (Å²) in [5.41, 5.74) is 10.2. The number of anilines is 1. The first kappa shape index (κ1) is 29.6. The standard InChI is InChI=1S/C29H39N5O5/c1-28(2,3)39-27(36)32-21(17-31-33-30)18-38-23-10-7-9-20(15-23)26(35)24-16-22(11-12-25(24)37-6)34-14-8-13-29(4,5)19-34/h7,9-12,15-16,21H,8,13-14,17-19H2,1-6H3,(H,32,36)/t21-/m1/s1. The van der Waals surface area contributed by atoms with Crippen LogP contribution < -0.4 is 19.7 Å². The van der Waals surface area contributed by atoms with Gasteiger partial charge in [0.1, 0.15) is 23.7 Å². The maximum absolute atomic E-state index is 13.6. The zero-order valence-corrected chi connectivity index (χ0v) is 23.7. The second kappa shape index (κ2) is 12.8. The maximum atomic E-state index is 13.6. The van der Waals surface area contributed by atoms with Crippen LogP contribution in [0.4, 0.5) is 10.5 Å². The average Bonchev–Trinajstić information content (AvgIpc) is 2.88. The Morgan fingerprint density at radius 2 is 1.97 bits per heavy atom. The molecule has 0 aromatic heterocycles. The minimum absolute atomic E-state index is 0.0134. The molecule has 210 valence electrons. The lowest BCUT2D eigenvalue weighted by atomic mass is 9.84. The lowest BCUT2D eigenvalue weighted by molar-refractivity contribution is 0.0490. The van der Waals surface area contributed by atoms with Gasteiger partial charge in [-0.3, -0.25) is 4.79 Å². The zero-order valence-electron chi connectivity index (χ0n) is 23.7. The van der Waals surface area contributed by atoms with Crippen molar-refractivity contribution in [1.82, 2.24) is 5.32 Å². The van der Waals surface area contributed by atoms with Crippen molar-refractivity contribution in [1.29, 1.82) is 0 Å². The molecule has 1 amide bonds. The number of methoxy groups -OCH3 is 1. The second-order valence-electron chi connectivity index (χ2n) is 11.5. The molecule has 1 aliphatic rings. The summed E-state index contributed by atoms with van der Waals surface area (Å²) in [5, 5.41) is 6.21. The Balaban J connectivity index is 1.76. The zero-order chi connectivity index (χ0) is 28.6. The molecule has 0 saturated carbocycles. The molecule has 39 heavy (non-hydrogen) atoms. The Labute approximate surface area is 230 Å². The SMILES string of the molecule is COc1ccc(N2CCCC(C)(C)C2)cc1C(=O)c1cccc(OC[C@@H](CN=[N+]=[N-])NC(=O)OC(C)(C)C)c1. The predicted molar refractivity (Wildman–Crippen MR) is 151 cm³/mol. The van der Waals surface area contributed by atoms with Gasteiger partial charge in [-0.2, -0.15) is 0 Å². The summed E-state index contributed by atoms with van der Waals surface area (Å²) in [4.78, 5) is 30.9. The van der Waals surface area contributed by atoms with Crippen molar-refractivity contribution in [3.63, 3.8) is 0 Å². The van der Waals surface area contributed by atoms with E-state index in [0.717, 1.165) is 25.2 Å². The summed E-state index contributed by atoms with van der Waals surface area (Å²) in [6, 6.07) is 11.9. The summed E-state index contributed by atoms with van der Waals surface area (Å²) < 4.78 is 16.7. The maximum Gasteiger partial charge on any atom is 0.407 e. The molecule has 0 bridgehead atoms. The third kappa shape index (κ3) is 8.82. The van der Waals surface area contributed by atoms with Crippen molar-refractivity contribution < 1.29 is 23.8 Å². The molecule has 1 aliphatic heterocycles. The number of benzene rings is 2. The monoisotopic (exact) mass is 537 g/mol. The number of ketones is 1. The van der Waals surface area contributed by atoms with E-state index in [9.17, 15) is 9.59 Å². The Morgan fingerprint density at radius 1 is 1.21 bits per heavy atom. The van der Waals surface area contributed by atoms with E-state index < -0.39 is 17.7 Å². The number of rotatable bonds is 10. The molecule has 1 heterocycles. The fraction of sp³-hybridized carbons (Fsp3) is 0.517. The van der Waals surface area contributed by atoms with Gasteiger partial charge in [0.05, 0.1) is 18.7 Å². The van der Waals surface area contributed by atoms with Crippen molar-refractivity contribution in [2.75, 3.05) is 38.3 Å². The minimum atomic E-state index is -0.675. The number of hydrogen-bond donors (Lipinski definition) is 1. The first-order valence-electron chi connectivity index (χ1n) is 13.1. The number of nitrogens with zero attached hydrogens (tertiary/aromatic N) is 4. The van der Waals surface area contributed by atoms with Gasteiger partial charge in [0.15, 0.2) is 5.78 Å². The number of piperidine rings is 1. The molecule has 1 N–H and O–H groups in total. The second-order valence-corrected chi connectivity index (χ2v) is 11.5. The van der Waals surface area contributed by atoms with E-state index in [1.165, 1.54) is 6.42 Å². The molecule has 1 atom stereocenters. The number of hydrogen-bond acceptors (Lipinski definition) is 7. The Hall–Kier alpha value is -3.91. The number of amides is 1. The van der Waals surface area contributed by atoms with E-state index >= 15 is 0 Å². The van der Waals surface area contributed by atoms with Gasteiger partial charge < -0.3 is 24.4 Å².